The Bertz CT molecular complexity index is 372. The van der Waals surface area contributed by atoms with Crippen LogP contribution in [0, 0.1) is 5.92 Å². The normalized spacial score (nSPS) is 11.0. The average Bonchev–Trinajstić information content (AvgIpc) is 2.32. The molecule has 0 aromatic carbocycles. The van der Waals surface area contributed by atoms with E-state index in [1.165, 1.54) is 0 Å². The number of aliphatic carboxylic acids is 1. The second-order valence-electron chi connectivity index (χ2n) is 3.99. The molecule has 0 amide bonds. The van der Waals surface area contributed by atoms with E-state index in [-0.39, 0.29) is 6.42 Å². The van der Waals surface area contributed by atoms with Crippen molar-refractivity contribution < 1.29 is 9.90 Å². The summed E-state index contributed by atoms with van der Waals surface area (Å²) in [6.45, 7) is 4.17. The molecule has 0 aliphatic heterocycles. The quantitative estimate of drug-likeness (QED) is 0.860. The van der Waals surface area contributed by atoms with Gasteiger partial charge in [0.1, 0.15) is 11.0 Å². The van der Waals surface area contributed by atoms with Gasteiger partial charge in [-0.25, -0.2) is 4.98 Å². The topological polar surface area (TPSA) is 55.1 Å². The summed E-state index contributed by atoms with van der Waals surface area (Å²) < 4.78 is 1.75. The predicted molar refractivity (Wildman–Crippen MR) is 58.1 cm³/mol. The number of carbonyl (C=O) groups is 1. The summed E-state index contributed by atoms with van der Waals surface area (Å²) in [5, 5.41) is 9.09. The summed E-state index contributed by atoms with van der Waals surface area (Å²) >= 11 is 5.98. The fourth-order valence-electron chi connectivity index (χ4n) is 1.39. The van der Waals surface area contributed by atoms with Crippen molar-refractivity contribution in [1.29, 1.82) is 0 Å². The SMILES string of the molecule is CC(C)Cc1nc(CC(=O)O)c(Cl)n1C. The predicted octanol–water partition coefficient (Wildman–Crippen LogP) is 1.90. The van der Waals surface area contributed by atoms with E-state index in [1.807, 2.05) is 0 Å². The molecule has 1 aromatic heterocycles. The van der Waals surface area contributed by atoms with Crippen LogP contribution in [0.3, 0.4) is 0 Å². The molecule has 1 heterocycles. The molecule has 1 rings (SSSR count). The van der Waals surface area contributed by atoms with Crippen molar-refractivity contribution >= 4 is 17.6 Å². The van der Waals surface area contributed by atoms with Gasteiger partial charge in [-0.15, -0.1) is 0 Å². The molecule has 1 N–H and O–H groups in total. The molecule has 5 heteroatoms. The second kappa shape index (κ2) is 4.66. The number of halogens is 1. The third kappa shape index (κ3) is 2.96. The summed E-state index contributed by atoms with van der Waals surface area (Å²) in [6, 6.07) is 0. The first-order valence-corrected chi connectivity index (χ1v) is 5.21. The van der Waals surface area contributed by atoms with Gasteiger partial charge in [0.2, 0.25) is 0 Å². The highest BCUT2D eigenvalue weighted by atomic mass is 35.5. The molecule has 1 aromatic rings. The molecular weight excluding hydrogens is 216 g/mol. The average molecular weight is 231 g/mol. The molecule has 0 saturated heterocycles. The van der Waals surface area contributed by atoms with Crippen LogP contribution in [0.1, 0.15) is 25.4 Å². The summed E-state index contributed by atoms with van der Waals surface area (Å²) in [7, 11) is 1.80. The third-order valence-electron chi connectivity index (χ3n) is 2.09. The highest BCUT2D eigenvalue weighted by molar-refractivity contribution is 6.30. The van der Waals surface area contributed by atoms with Crippen LogP contribution in [0.5, 0.6) is 0 Å². The van der Waals surface area contributed by atoms with E-state index in [9.17, 15) is 4.79 Å². The first-order chi connectivity index (χ1) is 6.91. The van der Waals surface area contributed by atoms with Crippen LogP contribution in [0.2, 0.25) is 5.15 Å². The van der Waals surface area contributed by atoms with Gasteiger partial charge in [-0.3, -0.25) is 4.79 Å². The van der Waals surface area contributed by atoms with Gasteiger partial charge in [-0.2, -0.15) is 0 Å². The number of hydrogen-bond acceptors (Lipinski definition) is 2. The molecule has 0 aliphatic rings. The van der Waals surface area contributed by atoms with Crippen LogP contribution in [-0.2, 0) is 24.7 Å². The van der Waals surface area contributed by atoms with Crippen molar-refractivity contribution in [3.05, 3.63) is 16.7 Å². The van der Waals surface area contributed by atoms with E-state index in [2.05, 4.69) is 18.8 Å². The summed E-state index contributed by atoms with van der Waals surface area (Å²) in [5.74, 6) is 0.400. The number of imidazole rings is 1. The lowest BCUT2D eigenvalue weighted by molar-refractivity contribution is -0.136. The number of nitrogens with zero attached hydrogens (tertiary/aromatic N) is 2. The first-order valence-electron chi connectivity index (χ1n) is 4.83. The van der Waals surface area contributed by atoms with Crippen LogP contribution in [-0.4, -0.2) is 20.6 Å². The van der Waals surface area contributed by atoms with Gasteiger partial charge < -0.3 is 9.67 Å². The zero-order chi connectivity index (χ0) is 11.6. The smallest absolute Gasteiger partial charge is 0.309 e. The van der Waals surface area contributed by atoms with Crippen molar-refractivity contribution in [3.8, 4) is 0 Å². The molecule has 0 saturated carbocycles. The van der Waals surface area contributed by atoms with Gasteiger partial charge in [-0.1, -0.05) is 25.4 Å². The fraction of sp³-hybridized carbons (Fsp3) is 0.600. The highest BCUT2D eigenvalue weighted by Crippen LogP contribution is 2.19. The fourth-order valence-corrected chi connectivity index (χ4v) is 1.59. The molecule has 84 valence electrons. The van der Waals surface area contributed by atoms with E-state index in [4.69, 9.17) is 16.7 Å². The first kappa shape index (κ1) is 12.0. The third-order valence-corrected chi connectivity index (χ3v) is 2.56. The second-order valence-corrected chi connectivity index (χ2v) is 4.35. The summed E-state index contributed by atoms with van der Waals surface area (Å²) in [5.41, 5.74) is 0.447. The van der Waals surface area contributed by atoms with Gasteiger partial charge in [0.05, 0.1) is 12.1 Å². The van der Waals surface area contributed by atoms with Gasteiger partial charge in [-0.05, 0) is 5.92 Å². The molecule has 0 atom stereocenters. The molecule has 0 aliphatic carbocycles. The zero-order valence-electron chi connectivity index (χ0n) is 9.12. The molecule has 0 fully saturated rings. The lowest BCUT2D eigenvalue weighted by Crippen LogP contribution is -2.02. The lowest BCUT2D eigenvalue weighted by atomic mass is 10.1. The van der Waals surface area contributed by atoms with Gasteiger partial charge in [0.25, 0.3) is 0 Å². The summed E-state index contributed by atoms with van der Waals surface area (Å²) in [4.78, 5) is 14.8. The number of carboxylic acids is 1. The lowest BCUT2D eigenvalue weighted by Gasteiger charge is -2.04. The minimum atomic E-state index is -0.911. The molecule has 0 radical (unpaired) electrons. The van der Waals surface area contributed by atoms with Crippen molar-refractivity contribution in [2.75, 3.05) is 0 Å². The Balaban J connectivity index is 2.95. The maximum absolute atomic E-state index is 10.6. The van der Waals surface area contributed by atoms with Crippen molar-refractivity contribution in [1.82, 2.24) is 9.55 Å². The van der Waals surface area contributed by atoms with E-state index < -0.39 is 5.97 Å². The molecule has 0 spiro atoms. The van der Waals surface area contributed by atoms with Gasteiger partial charge >= 0.3 is 5.97 Å². The van der Waals surface area contributed by atoms with Crippen molar-refractivity contribution in [3.63, 3.8) is 0 Å². The van der Waals surface area contributed by atoms with Crippen molar-refractivity contribution in [2.24, 2.45) is 13.0 Å². The monoisotopic (exact) mass is 230 g/mol. The Morgan fingerprint density at radius 1 is 1.60 bits per heavy atom. The van der Waals surface area contributed by atoms with Gasteiger partial charge in [0, 0.05) is 13.5 Å². The molecule has 0 bridgehead atoms. The molecule has 15 heavy (non-hydrogen) atoms. The van der Waals surface area contributed by atoms with E-state index >= 15 is 0 Å². The number of aromatic nitrogens is 2. The van der Waals surface area contributed by atoms with E-state index in [0.717, 1.165) is 12.2 Å². The van der Waals surface area contributed by atoms with Gasteiger partial charge in [0.15, 0.2) is 0 Å². The number of hydrogen-bond donors (Lipinski definition) is 1. The number of rotatable bonds is 4. The van der Waals surface area contributed by atoms with Crippen LogP contribution < -0.4 is 0 Å². The highest BCUT2D eigenvalue weighted by Gasteiger charge is 2.15. The Morgan fingerprint density at radius 3 is 2.67 bits per heavy atom. The Hall–Kier alpha value is -1.03. The van der Waals surface area contributed by atoms with E-state index in [1.54, 1.807) is 11.6 Å². The van der Waals surface area contributed by atoms with Crippen LogP contribution in [0.25, 0.3) is 0 Å². The minimum absolute atomic E-state index is 0.120. The van der Waals surface area contributed by atoms with Crippen LogP contribution >= 0.6 is 11.6 Å². The Labute approximate surface area is 93.9 Å². The summed E-state index contributed by atoms with van der Waals surface area (Å²) in [6.07, 6.45) is 0.681. The molecule has 4 nitrogen and oxygen atoms in total. The van der Waals surface area contributed by atoms with Crippen LogP contribution in [0.4, 0.5) is 0 Å². The molecular formula is C10H15ClN2O2. The van der Waals surface area contributed by atoms with Crippen molar-refractivity contribution in [2.45, 2.75) is 26.7 Å². The Morgan fingerprint density at radius 2 is 2.20 bits per heavy atom. The standard InChI is InChI=1S/C10H15ClN2O2/c1-6(2)4-8-12-7(5-9(14)15)10(11)13(8)3/h6H,4-5H2,1-3H3,(H,14,15). The largest absolute Gasteiger partial charge is 0.481 e. The van der Waals surface area contributed by atoms with E-state index in [0.29, 0.717) is 16.8 Å². The number of carboxylic acid groups (broad SMARTS) is 1. The maximum atomic E-state index is 10.6. The maximum Gasteiger partial charge on any atom is 0.309 e. The molecule has 0 unspecified atom stereocenters. The minimum Gasteiger partial charge on any atom is -0.481 e. The zero-order valence-corrected chi connectivity index (χ0v) is 9.88. The Kier molecular flexibility index (Phi) is 3.74. The van der Waals surface area contributed by atoms with Crippen LogP contribution in [0.15, 0.2) is 0 Å².